The third-order valence-corrected chi connectivity index (χ3v) is 4.00. The van der Waals surface area contributed by atoms with E-state index in [0.717, 1.165) is 0 Å². The van der Waals surface area contributed by atoms with Gasteiger partial charge in [0, 0.05) is 22.7 Å². The highest BCUT2D eigenvalue weighted by Gasteiger charge is 2.17. The lowest BCUT2D eigenvalue weighted by atomic mass is 9.95. The predicted molar refractivity (Wildman–Crippen MR) is 90.5 cm³/mol. The van der Waals surface area contributed by atoms with Crippen LogP contribution < -0.4 is 11.1 Å². The Kier molecular flexibility index (Phi) is 4.16. The van der Waals surface area contributed by atoms with Gasteiger partial charge in [-0.05, 0) is 23.3 Å². The fraction of sp³-hybridized carbons (Fsp3) is 0. The van der Waals surface area contributed by atoms with Gasteiger partial charge < -0.3 is 5.73 Å². The van der Waals surface area contributed by atoms with Crippen LogP contribution in [0.25, 0.3) is 11.1 Å². The van der Waals surface area contributed by atoms with Crippen LogP contribution in [0.4, 0.5) is 5.13 Å². The zero-order valence-electron chi connectivity index (χ0n) is 12.0. The summed E-state index contributed by atoms with van der Waals surface area (Å²) >= 11 is 1.34. The third kappa shape index (κ3) is 3.12. The predicted octanol–water partition coefficient (Wildman–Crippen LogP) is 3.16. The molecule has 6 heteroatoms. The van der Waals surface area contributed by atoms with E-state index in [4.69, 9.17) is 5.73 Å². The number of carbonyl (C=O) groups excluding carboxylic acids is 2. The van der Waals surface area contributed by atoms with Crippen molar-refractivity contribution in [2.45, 2.75) is 0 Å². The van der Waals surface area contributed by atoms with Crippen LogP contribution in [-0.2, 0) is 0 Å². The number of hydrogen-bond acceptors (Lipinski definition) is 4. The van der Waals surface area contributed by atoms with Gasteiger partial charge in [0.25, 0.3) is 5.91 Å². The summed E-state index contributed by atoms with van der Waals surface area (Å²) in [6.07, 6.45) is 1.62. The highest BCUT2D eigenvalue weighted by Crippen LogP contribution is 2.27. The van der Waals surface area contributed by atoms with Crippen molar-refractivity contribution in [3.05, 3.63) is 71.2 Å². The molecule has 2 aromatic carbocycles. The maximum Gasteiger partial charge on any atom is 0.258 e. The molecule has 114 valence electrons. The SMILES string of the molecule is NC(=O)c1ccccc1-c1ccccc1C(=O)Nc1nccs1. The van der Waals surface area contributed by atoms with E-state index in [1.54, 1.807) is 54.0 Å². The van der Waals surface area contributed by atoms with Gasteiger partial charge in [-0.25, -0.2) is 4.98 Å². The standard InChI is InChI=1S/C17H13N3O2S/c18-15(21)13-7-3-1-5-11(13)12-6-2-4-8-14(12)16(22)20-17-19-9-10-23-17/h1-10H,(H2,18,21)(H,19,20,22). The van der Waals surface area contributed by atoms with Crippen LogP contribution in [-0.4, -0.2) is 16.8 Å². The number of hydrogen-bond donors (Lipinski definition) is 2. The first-order valence-corrected chi connectivity index (χ1v) is 7.74. The van der Waals surface area contributed by atoms with Crippen molar-refractivity contribution in [2.75, 3.05) is 5.32 Å². The minimum Gasteiger partial charge on any atom is -0.366 e. The summed E-state index contributed by atoms with van der Waals surface area (Å²) < 4.78 is 0. The first-order chi connectivity index (χ1) is 11.2. The molecule has 3 N–H and O–H groups in total. The lowest BCUT2D eigenvalue weighted by Gasteiger charge is -2.11. The number of nitrogens with two attached hydrogens (primary N) is 1. The molecule has 0 bridgehead atoms. The summed E-state index contributed by atoms with van der Waals surface area (Å²) in [6.45, 7) is 0. The average molecular weight is 323 g/mol. The number of benzene rings is 2. The number of amides is 2. The first kappa shape index (κ1) is 14.9. The Morgan fingerprint density at radius 1 is 0.957 bits per heavy atom. The zero-order chi connectivity index (χ0) is 16.2. The fourth-order valence-electron chi connectivity index (χ4n) is 2.30. The monoisotopic (exact) mass is 323 g/mol. The number of aromatic nitrogens is 1. The topological polar surface area (TPSA) is 85.1 Å². The number of nitrogens with one attached hydrogen (secondary N) is 1. The van der Waals surface area contributed by atoms with Gasteiger partial charge in [0.1, 0.15) is 0 Å². The third-order valence-electron chi connectivity index (χ3n) is 3.31. The Hall–Kier alpha value is -2.99. The molecule has 0 radical (unpaired) electrons. The highest BCUT2D eigenvalue weighted by molar-refractivity contribution is 7.13. The quantitative estimate of drug-likeness (QED) is 0.773. The largest absolute Gasteiger partial charge is 0.366 e. The summed E-state index contributed by atoms with van der Waals surface area (Å²) in [5.74, 6) is -0.814. The normalized spacial score (nSPS) is 10.3. The zero-order valence-corrected chi connectivity index (χ0v) is 12.8. The first-order valence-electron chi connectivity index (χ1n) is 6.86. The van der Waals surface area contributed by atoms with Crippen molar-refractivity contribution in [1.82, 2.24) is 4.98 Å². The molecule has 5 nitrogen and oxygen atoms in total. The van der Waals surface area contributed by atoms with Crippen LogP contribution in [0.3, 0.4) is 0 Å². The van der Waals surface area contributed by atoms with Gasteiger partial charge in [0.2, 0.25) is 5.91 Å². The van der Waals surface area contributed by atoms with Crippen LogP contribution in [0, 0.1) is 0 Å². The molecular weight excluding hydrogens is 310 g/mol. The number of carbonyl (C=O) groups is 2. The van der Waals surface area contributed by atoms with Crippen LogP contribution >= 0.6 is 11.3 Å². The van der Waals surface area contributed by atoms with Crippen molar-refractivity contribution in [3.63, 3.8) is 0 Å². The summed E-state index contributed by atoms with van der Waals surface area (Å²) in [5, 5.41) is 5.05. The highest BCUT2D eigenvalue weighted by atomic mass is 32.1. The van der Waals surface area contributed by atoms with E-state index < -0.39 is 5.91 Å². The molecule has 3 aromatic rings. The minimum absolute atomic E-state index is 0.283. The molecule has 0 spiro atoms. The van der Waals surface area contributed by atoms with Gasteiger partial charge in [-0.15, -0.1) is 11.3 Å². The average Bonchev–Trinajstić information content (AvgIpc) is 3.07. The number of thiazole rings is 1. The van der Waals surface area contributed by atoms with Gasteiger partial charge in [-0.3, -0.25) is 14.9 Å². The summed E-state index contributed by atoms with van der Waals surface area (Å²) in [4.78, 5) is 28.2. The molecule has 1 heterocycles. The van der Waals surface area contributed by atoms with Crippen molar-refractivity contribution in [2.24, 2.45) is 5.73 Å². The van der Waals surface area contributed by atoms with Gasteiger partial charge in [0.05, 0.1) is 0 Å². The molecule has 0 aliphatic heterocycles. The van der Waals surface area contributed by atoms with Crippen LogP contribution in [0.15, 0.2) is 60.1 Å². The Labute approximate surface area is 136 Å². The molecular formula is C17H13N3O2S. The Balaban J connectivity index is 2.05. The van der Waals surface area contributed by atoms with E-state index in [2.05, 4.69) is 10.3 Å². The van der Waals surface area contributed by atoms with Gasteiger partial charge in [0.15, 0.2) is 5.13 Å². The van der Waals surface area contributed by atoms with Crippen LogP contribution in [0.2, 0.25) is 0 Å². The van der Waals surface area contributed by atoms with E-state index in [-0.39, 0.29) is 5.91 Å². The molecule has 2 amide bonds. The molecule has 0 unspecified atom stereocenters. The smallest absolute Gasteiger partial charge is 0.258 e. The van der Waals surface area contributed by atoms with E-state index in [9.17, 15) is 9.59 Å². The molecule has 1 aromatic heterocycles. The van der Waals surface area contributed by atoms with Gasteiger partial charge >= 0.3 is 0 Å². The van der Waals surface area contributed by atoms with E-state index in [1.165, 1.54) is 11.3 Å². The summed E-state index contributed by atoms with van der Waals surface area (Å²) in [7, 11) is 0. The van der Waals surface area contributed by atoms with Gasteiger partial charge in [-0.2, -0.15) is 0 Å². The molecule has 0 saturated heterocycles. The molecule has 0 fully saturated rings. The molecule has 0 aliphatic rings. The molecule has 0 aliphatic carbocycles. The van der Waals surface area contributed by atoms with Crippen LogP contribution in [0.5, 0.6) is 0 Å². The number of anilines is 1. The van der Waals surface area contributed by atoms with Crippen molar-refractivity contribution in [3.8, 4) is 11.1 Å². The maximum atomic E-state index is 12.5. The number of primary amides is 1. The van der Waals surface area contributed by atoms with Crippen LogP contribution in [0.1, 0.15) is 20.7 Å². The van der Waals surface area contributed by atoms with Crippen molar-refractivity contribution < 1.29 is 9.59 Å². The minimum atomic E-state index is -0.532. The second-order valence-electron chi connectivity index (χ2n) is 4.75. The van der Waals surface area contributed by atoms with Crippen molar-refractivity contribution >= 4 is 28.3 Å². The Morgan fingerprint density at radius 2 is 1.57 bits per heavy atom. The fourth-order valence-corrected chi connectivity index (χ4v) is 2.82. The summed E-state index contributed by atoms with van der Waals surface area (Å²) in [6, 6.07) is 14.0. The second-order valence-corrected chi connectivity index (χ2v) is 5.64. The van der Waals surface area contributed by atoms with Crippen molar-refractivity contribution in [1.29, 1.82) is 0 Å². The molecule has 0 saturated carbocycles. The molecule has 3 rings (SSSR count). The molecule has 23 heavy (non-hydrogen) atoms. The van der Waals surface area contributed by atoms with E-state index >= 15 is 0 Å². The number of nitrogens with zero attached hydrogens (tertiary/aromatic N) is 1. The lowest BCUT2D eigenvalue weighted by Crippen LogP contribution is -2.15. The maximum absolute atomic E-state index is 12.5. The Morgan fingerprint density at radius 3 is 2.17 bits per heavy atom. The summed E-state index contributed by atoms with van der Waals surface area (Å²) in [5.41, 5.74) is 7.55. The lowest BCUT2D eigenvalue weighted by molar-refractivity contribution is 0.0997. The Bertz CT molecular complexity index is 860. The van der Waals surface area contributed by atoms with E-state index in [0.29, 0.717) is 27.4 Å². The van der Waals surface area contributed by atoms with Gasteiger partial charge in [-0.1, -0.05) is 36.4 Å². The molecule has 0 atom stereocenters. The van der Waals surface area contributed by atoms with E-state index in [1.807, 2.05) is 6.07 Å². The number of rotatable bonds is 4. The second kappa shape index (κ2) is 6.41.